The van der Waals surface area contributed by atoms with Crippen molar-refractivity contribution in [2.75, 3.05) is 68.3 Å². The van der Waals surface area contributed by atoms with Gasteiger partial charge < -0.3 is 30.4 Å². The molecular weight excluding hydrogens is 498 g/mol. The number of hydrogen-bond donors (Lipinski definition) is 3. The van der Waals surface area contributed by atoms with Crippen molar-refractivity contribution in [3.05, 3.63) is 42.4 Å². The molecule has 14 heteroatoms. The molecule has 200 valence electrons. The van der Waals surface area contributed by atoms with Crippen LogP contribution in [0.15, 0.2) is 41.0 Å². The van der Waals surface area contributed by atoms with Crippen molar-refractivity contribution < 1.29 is 17.9 Å². The Balaban J connectivity index is 0.998. The molecule has 0 aliphatic carbocycles. The summed E-state index contributed by atoms with van der Waals surface area (Å²) >= 11 is 0. The van der Waals surface area contributed by atoms with Crippen LogP contribution in [0.4, 0.5) is 26.4 Å². The van der Waals surface area contributed by atoms with Crippen LogP contribution < -0.4 is 26.0 Å². The number of rotatable bonds is 8. The molecule has 4 aromatic rings. The monoisotopic (exact) mass is 526 g/mol. The third-order valence-corrected chi connectivity index (χ3v) is 6.69. The molecule has 0 spiro atoms. The fourth-order valence-electron chi connectivity index (χ4n) is 4.66. The van der Waals surface area contributed by atoms with Crippen LogP contribution in [-0.2, 0) is 0 Å². The molecule has 0 radical (unpaired) electrons. The Hall–Kier alpha value is -4.04. The molecule has 2 fully saturated rings. The highest BCUT2D eigenvalue weighted by molar-refractivity contribution is 5.53. The number of halogens is 2. The van der Waals surface area contributed by atoms with Crippen molar-refractivity contribution >= 4 is 23.4 Å². The highest BCUT2D eigenvalue weighted by Crippen LogP contribution is 2.27. The Kier molecular flexibility index (Phi) is 6.64. The first-order valence-electron chi connectivity index (χ1n) is 12.5. The maximum absolute atomic E-state index is 14.8. The van der Waals surface area contributed by atoms with E-state index in [9.17, 15) is 8.78 Å². The third-order valence-electron chi connectivity index (χ3n) is 6.69. The van der Waals surface area contributed by atoms with Crippen LogP contribution >= 0.6 is 0 Å². The quantitative estimate of drug-likeness (QED) is 0.308. The Morgan fingerprint density at radius 3 is 2.74 bits per heavy atom. The van der Waals surface area contributed by atoms with E-state index >= 15 is 0 Å². The summed E-state index contributed by atoms with van der Waals surface area (Å²) in [4.78, 5) is 17.3. The van der Waals surface area contributed by atoms with Crippen LogP contribution in [0.25, 0.3) is 17.4 Å². The van der Waals surface area contributed by atoms with Crippen LogP contribution in [0, 0.1) is 5.82 Å². The molecular formula is C24H28F2N10O2. The molecule has 2 atom stereocenters. The number of anilines is 3. The van der Waals surface area contributed by atoms with Gasteiger partial charge in [-0.15, -0.1) is 5.10 Å². The van der Waals surface area contributed by atoms with Gasteiger partial charge in [-0.25, -0.2) is 8.78 Å². The molecule has 12 nitrogen and oxygen atoms in total. The van der Waals surface area contributed by atoms with E-state index in [0.717, 1.165) is 19.6 Å². The molecule has 0 bridgehead atoms. The van der Waals surface area contributed by atoms with Crippen LogP contribution in [0.2, 0.25) is 0 Å². The number of ether oxygens (including phenoxy) is 1. The van der Waals surface area contributed by atoms with Gasteiger partial charge in [0.2, 0.25) is 17.7 Å². The lowest BCUT2D eigenvalue weighted by Gasteiger charge is -2.36. The molecule has 2 aliphatic heterocycles. The van der Waals surface area contributed by atoms with Crippen LogP contribution in [-0.4, -0.2) is 94.1 Å². The van der Waals surface area contributed by atoms with E-state index in [2.05, 4.69) is 35.6 Å². The number of nitrogens with two attached hydrogens (primary N) is 1. The molecule has 1 aromatic carbocycles. The minimum atomic E-state index is -1.09. The lowest BCUT2D eigenvalue weighted by atomic mass is 10.2. The number of nitrogens with one attached hydrogen (secondary N) is 2. The van der Waals surface area contributed by atoms with Gasteiger partial charge >= 0.3 is 0 Å². The third kappa shape index (κ3) is 5.04. The van der Waals surface area contributed by atoms with Crippen LogP contribution in [0.5, 0.6) is 5.75 Å². The molecule has 4 N–H and O–H groups in total. The fraction of sp³-hybridized carbons (Fsp3) is 0.417. The van der Waals surface area contributed by atoms with Gasteiger partial charge in [0.1, 0.15) is 17.7 Å². The van der Waals surface area contributed by atoms with E-state index in [4.69, 9.17) is 14.9 Å². The number of nitrogen functional groups attached to an aromatic ring is 1. The van der Waals surface area contributed by atoms with Crippen molar-refractivity contribution in [1.82, 2.24) is 34.8 Å². The molecule has 2 saturated heterocycles. The number of benzene rings is 1. The number of nitrogens with zero attached hydrogens (tertiary/aromatic N) is 7. The van der Waals surface area contributed by atoms with Crippen molar-refractivity contribution in [3.63, 3.8) is 0 Å². The van der Waals surface area contributed by atoms with Crippen LogP contribution in [0.3, 0.4) is 0 Å². The lowest BCUT2D eigenvalue weighted by Crippen LogP contribution is -2.48. The molecule has 5 heterocycles. The average molecular weight is 527 g/mol. The summed E-state index contributed by atoms with van der Waals surface area (Å²) in [6.45, 7) is 4.94. The summed E-state index contributed by atoms with van der Waals surface area (Å²) in [5, 5.41) is 10.4. The number of alkyl halides is 1. The summed E-state index contributed by atoms with van der Waals surface area (Å²) in [6, 6.07) is 8.26. The Morgan fingerprint density at radius 1 is 1.13 bits per heavy atom. The van der Waals surface area contributed by atoms with E-state index in [-0.39, 0.29) is 18.3 Å². The van der Waals surface area contributed by atoms with E-state index in [1.54, 1.807) is 30.5 Å². The van der Waals surface area contributed by atoms with Gasteiger partial charge in [0.05, 0.1) is 12.0 Å². The first kappa shape index (κ1) is 24.3. The summed E-state index contributed by atoms with van der Waals surface area (Å²) in [5.41, 5.74) is 6.57. The highest BCUT2D eigenvalue weighted by Gasteiger charge is 2.29. The minimum absolute atomic E-state index is 0.166. The lowest BCUT2D eigenvalue weighted by molar-refractivity contribution is 0.139. The van der Waals surface area contributed by atoms with Crippen molar-refractivity contribution in [2.24, 2.45) is 0 Å². The van der Waals surface area contributed by atoms with Gasteiger partial charge in [0, 0.05) is 58.4 Å². The SMILES string of the molecule is Nc1nc(NCCN2CCN(c3ccc(O[C@@H]4CNC[C@H]4F)cc3F)CC2)nc2nc(-c3ccco3)nn12. The second-order valence-electron chi connectivity index (χ2n) is 9.23. The van der Waals surface area contributed by atoms with Gasteiger partial charge in [-0.1, -0.05) is 0 Å². The maximum atomic E-state index is 14.8. The predicted octanol–water partition coefficient (Wildman–Crippen LogP) is 1.42. The topological polar surface area (TPSA) is 135 Å². The number of piperazine rings is 1. The number of hydrogen-bond acceptors (Lipinski definition) is 11. The largest absolute Gasteiger partial charge is 0.486 e. The van der Waals surface area contributed by atoms with Crippen molar-refractivity contribution in [3.8, 4) is 17.3 Å². The summed E-state index contributed by atoms with van der Waals surface area (Å²) in [7, 11) is 0. The molecule has 0 amide bonds. The first-order valence-corrected chi connectivity index (χ1v) is 12.5. The second kappa shape index (κ2) is 10.4. The zero-order valence-electron chi connectivity index (χ0n) is 20.6. The van der Waals surface area contributed by atoms with E-state index in [1.807, 2.05) is 4.90 Å². The van der Waals surface area contributed by atoms with Gasteiger partial charge in [-0.3, -0.25) is 4.90 Å². The number of furan rings is 1. The van der Waals surface area contributed by atoms with Crippen LogP contribution in [0.1, 0.15) is 0 Å². The average Bonchev–Trinajstić information content (AvgIpc) is 3.67. The maximum Gasteiger partial charge on any atom is 0.259 e. The fourth-order valence-corrected chi connectivity index (χ4v) is 4.66. The molecule has 0 unspecified atom stereocenters. The van der Waals surface area contributed by atoms with Gasteiger partial charge in [-0.2, -0.15) is 19.5 Å². The molecule has 3 aromatic heterocycles. The molecule has 0 saturated carbocycles. The molecule has 38 heavy (non-hydrogen) atoms. The van der Waals surface area contributed by atoms with Gasteiger partial charge in [0.25, 0.3) is 5.78 Å². The summed E-state index contributed by atoms with van der Waals surface area (Å²) in [5.74, 6) is 1.73. The zero-order valence-corrected chi connectivity index (χ0v) is 20.6. The Bertz CT molecular complexity index is 1390. The number of aromatic nitrogens is 5. The first-order chi connectivity index (χ1) is 18.5. The van der Waals surface area contributed by atoms with Crippen molar-refractivity contribution in [2.45, 2.75) is 12.3 Å². The van der Waals surface area contributed by atoms with E-state index in [1.165, 1.54) is 10.6 Å². The number of fused-ring (bicyclic) bond motifs is 1. The summed E-state index contributed by atoms with van der Waals surface area (Å²) < 4.78 is 40.9. The van der Waals surface area contributed by atoms with Crippen molar-refractivity contribution in [1.29, 1.82) is 0 Å². The minimum Gasteiger partial charge on any atom is -0.486 e. The highest BCUT2D eigenvalue weighted by atomic mass is 19.1. The standard InChI is InChI=1S/C24H28F2N10O2/c25-16-12-15(38-20-14-28-13-17(20)26)3-4-18(16)35-9-7-34(8-10-35)6-5-29-23-31-22(27)36-24(32-23)30-21(33-36)19-2-1-11-37-19/h1-4,11-12,17,20,28H,5-10,13-14H2,(H3,27,29,30,31,32,33)/t17-,20-/m1/s1. The summed E-state index contributed by atoms with van der Waals surface area (Å²) in [6.07, 6.45) is -0.130. The van der Waals surface area contributed by atoms with Gasteiger partial charge in [-0.05, 0) is 24.3 Å². The predicted molar refractivity (Wildman–Crippen MR) is 136 cm³/mol. The normalized spacial score (nSPS) is 20.3. The van der Waals surface area contributed by atoms with Gasteiger partial charge in [0.15, 0.2) is 11.9 Å². The smallest absolute Gasteiger partial charge is 0.259 e. The zero-order chi connectivity index (χ0) is 26.1. The van der Waals surface area contributed by atoms with E-state index < -0.39 is 12.3 Å². The molecule has 2 aliphatic rings. The Morgan fingerprint density at radius 2 is 2.00 bits per heavy atom. The molecule has 6 rings (SSSR count). The second-order valence-corrected chi connectivity index (χ2v) is 9.23. The van der Waals surface area contributed by atoms with E-state index in [0.29, 0.717) is 60.9 Å². The Labute approximate surface area is 216 Å².